The second-order valence-electron chi connectivity index (χ2n) is 8.88. The van der Waals surface area contributed by atoms with Crippen molar-refractivity contribution in [2.45, 2.75) is 46.2 Å². The highest BCUT2D eigenvalue weighted by Gasteiger charge is 2.39. The molecule has 0 saturated carbocycles. The maximum absolute atomic E-state index is 15.6. The van der Waals surface area contributed by atoms with Gasteiger partial charge >= 0.3 is 0 Å². The maximum Gasteiger partial charge on any atom is 0.133 e. The Balaban J connectivity index is 1.99. The van der Waals surface area contributed by atoms with Crippen molar-refractivity contribution in [1.29, 1.82) is 10.8 Å². The van der Waals surface area contributed by atoms with E-state index < -0.39 is 17.2 Å². The number of aromatic nitrogens is 1. The van der Waals surface area contributed by atoms with E-state index in [0.29, 0.717) is 47.6 Å². The molecule has 0 spiro atoms. The number of nitrogens with one attached hydrogen (secondary N) is 3. The molecule has 6 nitrogen and oxygen atoms in total. The van der Waals surface area contributed by atoms with Gasteiger partial charge in [-0.25, -0.2) is 8.78 Å². The first-order valence-corrected chi connectivity index (χ1v) is 11.0. The van der Waals surface area contributed by atoms with Crippen LogP contribution in [-0.2, 0) is 11.3 Å². The van der Waals surface area contributed by atoms with Crippen molar-refractivity contribution in [2.24, 2.45) is 0 Å². The molecule has 2 heterocycles. The number of ether oxygens (including phenoxy) is 1. The van der Waals surface area contributed by atoms with Crippen molar-refractivity contribution < 1.29 is 13.5 Å². The van der Waals surface area contributed by atoms with Gasteiger partial charge in [-0.05, 0) is 56.2 Å². The number of fused-ring (bicyclic) bond motifs is 2. The fraction of sp³-hybridized carbons (Fsp3) is 0.360. The van der Waals surface area contributed by atoms with Crippen LogP contribution in [0.1, 0.15) is 32.8 Å². The molecule has 8 heteroatoms. The molecule has 0 radical (unpaired) electrons. The molecule has 174 valence electrons. The summed E-state index contributed by atoms with van der Waals surface area (Å²) < 4.78 is 37.4. The number of benzene rings is 2. The van der Waals surface area contributed by atoms with Crippen LogP contribution in [0.5, 0.6) is 0 Å². The minimum Gasteiger partial charge on any atom is -0.383 e. The molecule has 0 saturated heterocycles. The number of halogens is 2. The second-order valence-corrected chi connectivity index (χ2v) is 8.88. The Kier molecular flexibility index (Phi) is 5.74. The van der Waals surface area contributed by atoms with Gasteiger partial charge in [-0.2, -0.15) is 0 Å². The van der Waals surface area contributed by atoms with E-state index in [9.17, 15) is 4.39 Å². The average molecular weight is 454 g/mol. The SMILES string of the molecule is CCC(=N)N1C(=N)C(C)(C)Nc2cc(F)c(-c3cc(F)cc4c3ccn4CCOC)c(C)c21. The molecule has 0 atom stereocenters. The first-order valence-electron chi connectivity index (χ1n) is 11.0. The zero-order valence-corrected chi connectivity index (χ0v) is 19.6. The van der Waals surface area contributed by atoms with E-state index in [1.807, 2.05) is 37.6 Å². The van der Waals surface area contributed by atoms with E-state index in [-0.39, 0.29) is 17.2 Å². The number of hydrogen-bond donors (Lipinski definition) is 3. The zero-order valence-electron chi connectivity index (χ0n) is 19.6. The smallest absolute Gasteiger partial charge is 0.133 e. The van der Waals surface area contributed by atoms with Crippen LogP contribution in [0.2, 0.25) is 0 Å². The van der Waals surface area contributed by atoms with Gasteiger partial charge in [0.15, 0.2) is 0 Å². The van der Waals surface area contributed by atoms with E-state index in [0.717, 1.165) is 5.39 Å². The van der Waals surface area contributed by atoms with Crippen LogP contribution in [0, 0.1) is 29.4 Å². The Hall–Kier alpha value is -3.26. The Labute approximate surface area is 192 Å². The number of anilines is 2. The van der Waals surface area contributed by atoms with Gasteiger partial charge in [0.25, 0.3) is 0 Å². The molecule has 0 amide bonds. The quantitative estimate of drug-likeness (QED) is 0.332. The number of rotatable bonds is 5. The molecule has 4 rings (SSSR count). The summed E-state index contributed by atoms with van der Waals surface area (Å²) in [4.78, 5) is 1.57. The van der Waals surface area contributed by atoms with Gasteiger partial charge < -0.3 is 14.6 Å². The topological polar surface area (TPSA) is 77.1 Å². The molecule has 1 aromatic heterocycles. The van der Waals surface area contributed by atoms with E-state index in [1.165, 1.54) is 18.2 Å². The van der Waals surface area contributed by atoms with Crippen LogP contribution >= 0.6 is 0 Å². The first kappa shape index (κ1) is 22.9. The predicted molar refractivity (Wildman–Crippen MR) is 130 cm³/mol. The molecule has 2 aromatic carbocycles. The van der Waals surface area contributed by atoms with Crippen LogP contribution in [0.15, 0.2) is 30.5 Å². The van der Waals surface area contributed by atoms with Crippen LogP contribution in [0.3, 0.4) is 0 Å². The summed E-state index contributed by atoms with van der Waals surface area (Å²) in [7, 11) is 1.61. The summed E-state index contributed by atoms with van der Waals surface area (Å²) in [5, 5.41) is 21.2. The van der Waals surface area contributed by atoms with Gasteiger partial charge in [-0.1, -0.05) is 6.92 Å². The van der Waals surface area contributed by atoms with Crippen molar-refractivity contribution in [1.82, 2.24) is 4.57 Å². The highest BCUT2D eigenvalue weighted by molar-refractivity contribution is 6.25. The van der Waals surface area contributed by atoms with Crippen molar-refractivity contribution in [3.05, 3.63) is 47.7 Å². The van der Waals surface area contributed by atoms with Gasteiger partial charge in [-0.3, -0.25) is 15.7 Å². The molecule has 1 aliphatic heterocycles. The summed E-state index contributed by atoms with van der Waals surface area (Å²) in [6, 6.07) is 6.04. The maximum atomic E-state index is 15.6. The third-order valence-electron chi connectivity index (χ3n) is 6.25. The summed E-state index contributed by atoms with van der Waals surface area (Å²) in [5.41, 5.74) is 2.21. The lowest BCUT2D eigenvalue weighted by atomic mass is 9.90. The summed E-state index contributed by atoms with van der Waals surface area (Å²) >= 11 is 0. The lowest BCUT2D eigenvalue weighted by Gasteiger charge is -2.43. The molecule has 1 aliphatic rings. The zero-order chi connectivity index (χ0) is 24.1. The van der Waals surface area contributed by atoms with Gasteiger partial charge in [-0.15, -0.1) is 0 Å². The molecule has 0 unspecified atom stereocenters. The third-order valence-corrected chi connectivity index (χ3v) is 6.25. The van der Waals surface area contributed by atoms with Crippen molar-refractivity contribution in [3.8, 4) is 11.1 Å². The largest absolute Gasteiger partial charge is 0.383 e. The number of nitrogens with zero attached hydrogens (tertiary/aromatic N) is 2. The molecule has 0 aliphatic carbocycles. The minimum atomic E-state index is -0.778. The van der Waals surface area contributed by atoms with Crippen molar-refractivity contribution in [2.75, 3.05) is 23.9 Å². The van der Waals surface area contributed by atoms with Crippen LogP contribution in [0.25, 0.3) is 22.0 Å². The van der Waals surface area contributed by atoms with E-state index >= 15 is 4.39 Å². The van der Waals surface area contributed by atoms with Gasteiger partial charge in [0.05, 0.1) is 29.0 Å². The Bertz CT molecular complexity index is 1280. The summed E-state index contributed by atoms with van der Waals surface area (Å²) in [5.74, 6) is -0.497. The minimum absolute atomic E-state index is 0.206. The lowest BCUT2D eigenvalue weighted by Crippen LogP contribution is -2.55. The molecule has 3 N–H and O–H groups in total. The lowest BCUT2D eigenvalue weighted by molar-refractivity contribution is 0.188. The fourth-order valence-corrected chi connectivity index (χ4v) is 4.55. The van der Waals surface area contributed by atoms with Crippen LogP contribution < -0.4 is 10.2 Å². The number of methoxy groups -OCH3 is 1. The Morgan fingerprint density at radius 1 is 1.21 bits per heavy atom. The highest BCUT2D eigenvalue weighted by atomic mass is 19.1. The van der Waals surface area contributed by atoms with Crippen LogP contribution in [-0.4, -0.2) is 35.5 Å². The second kappa shape index (κ2) is 8.26. The Morgan fingerprint density at radius 2 is 1.94 bits per heavy atom. The Morgan fingerprint density at radius 3 is 2.61 bits per heavy atom. The van der Waals surface area contributed by atoms with Crippen molar-refractivity contribution >= 4 is 33.9 Å². The molecule has 0 fully saturated rings. The molecular formula is C25H29F2N5O. The molecular weight excluding hydrogens is 424 g/mol. The average Bonchev–Trinajstić information content (AvgIpc) is 3.15. The van der Waals surface area contributed by atoms with Crippen molar-refractivity contribution in [3.63, 3.8) is 0 Å². The normalized spacial score (nSPS) is 15.0. The molecule has 3 aromatic rings. The monoisotopic (exact) mass is 453 g/mol. The molecule has 0 bridgehead atoms. The summed E-state index contributed by atoms with van der Waals surface area (Å²) in [6.45, 7) is 8.29. The summed E-state index contributed by atoms with van der Waals surface area (Å²) in [6.07, 6.45) is 2.26. The fourth-order valence-electron chi connectivity index (χ4n) is 4.55. The standard InChI is InChI=1S/C25H29F2N5O/c1-6-21(28)32-23-14(2)22(18(27)13-19(23)30-25(3,4)24(32)29)17-11-15(26)12-20-16(17)7-8-31(20)9-10-33-5/h7-8,11-13,28-30H,6,9-10H2,1-5H3. The van der Waals surface area contributed by atoms with E-state index in [4.69, 9.17) is 15.6 Å². The van der Waals surface area contributed by atoms with E-state index in [1.54, 1.807) is 18.9 Å². The highest BCUT2D eigenvalue weighted by Crippen LogP contribution is 2.45. The van der Waals surface area contributed by atoms with Gasteiger partial charge in [0, 0.05) is 37.2 Å². The number of hydrogen-bond acceptors (Lipinski definition) is 4. The predicted octanol–water partition coefficient (Wildman–Crippen LogP) is 5.92. The van der Waals surface area contributed by atoms with Gasteiger partial charge in [0.2, 0.25) is 0 Å². The van der Waals surface area contributed by atoms with E-state index in [2.05, 4.69) is 5.32 Å². The number of amidine groups is 2. The molecule has 33 heavy (non-hydrogen) atoms. The van der Waals surface area contributed by atoms with Crippen LogP contribution in [0.4, 0.5) is 20.2 Å². The third kappa shape index (κ3) is 3.68. The first-order chi connectivity index (χ1) is 15.6. The van der Waals surface area contributed by atoms with Gasteiger partial charge in [0.1, 0.15) is 23.3 Å².